The van der Waals surface area contributed by atoms with E-state index in [0.29, 0.717) is 6.54 Å². The van der Waals surface area contributed by atoms with Gasteiger partial charge in [-0.05, 0) is 32.9 Å². The molecule has 0 unspecified atom stereocenters. The Balaban J connectivity index is 2.37. The Morgan fingerprint density at radius 2 is 2.19 bits per heavy atom. The molecule has 0 saturated carbocycles. The van der Waals surface area contributed by atoms with Gasteiger partial charge in [-0.25, -0.2) is 0 Å². The van der Waals surface area contributed by atoms with E-state index in [1.54, 1.807) is 6.26 Å². The summed E-state index contributed by atoms with van der Waals surface area (Å²) in [5, 5.41) is 3.15. The van der Waals surface area contributed by atoms with Gasteiger partial charge < -0.3 is 9.32 Å². The number of furan rings is 1. The predicted octanol–water partition coefficient (Wildman–Crippen LogP) is 1.80. The average Bonchev–Trinajstić information content (AvgIpc) is 2.81. The van der Waals surface area contributed by atoms with Crippen LogP contribution in [0.3, 0.4) is 0 Å². The van der Waals surface area contributed by atoms with Crippen LogP contribution in [0.1, 0.15) is 32.6 Å². The molecule has 90 valence electrons. The molecule has 1 aromatic heterocycles. The van der Waals surface area contributed by atoms with Crippen LogP contribution < -0.4 is 5.32 Å². The number of rotatable bonds is 6. The molecular formula is C12H20N2O2. The highest BCUT2D eigenvalue weighted by Gasteiger charge is 2.12. The minimum atomic E-state index is 0.0644. The summed E-state index contributed by atoms with van der Waals surface area (Å²) in [7, 11) is 0. The maximum absolute atomic E-state index is 11.7. The van der Waals surface area contributed by atoms with E-state index in [1.165, 1.54) is 0 Å². The lowest BCUT2D eigenvalue weighted by atomic mass is 10.2. The maximum Gasteiger partial charge on any atom is 0.236 e. The Morgan fingerprint density at radius 3 is 2.69 bits per heavy atom. The molecule has 1 amide bonds. The first-order valence-corrected chi connectivity index (χ1v) is 5.73. The first-order chi connectivity index (χ1) is 7.69. The molecule has 1 heterocycles. The molecule has 0 bridgehead atoms. The molecule has 0 saturated heterocycles. The van der Waals surface area contributed by atoms with Gasteiger partial charge in [-0.1, -0.05) is 0 Å². The summed E-state index contributed by atoms with van der Waals surface area (Å²) < 4.78 is 5.25. The summed E-state index contributed by atoms with van der Waals surface area (Å²) in [6.07, 6.45) is 1.64. The van der Waals surface area contributed by atoms with Crippen LogP contribution in [0.2, 0.25) is 0 Å². The smallest absolute Gasteiger partial charge is 0.236 e. The average molecular weight is 224 g/mol. The van der Waals surface area contributed by atoms with Gasteiger partial charge in [-0.3, -0.25) is 10.1 Å². The number of carbonyl (C=O) groups is 1. The number of nitrogens with zero attached hydrogens (tertiary/aromatic N) is 1. The van der Waals surface area contributed by atoms with Gasteiger partial charge in [0, 0.05) is 13.1 Å². The molecule has 0 aliphatic heterocycles. The van der Waals surface area contributed by atoms with E-state index < -0.39 is 0 Å². The van der Waals surface area contributed by atoms with Crippen LogP contribution in [0.25, 0.3) is 0 Å². The number of hydrogen-bond acceptors (Lipinski definition) is 3. The van der Waals surface area contributed by atoms with Gasteiger partial charge in [-0.2, -0.15) is 0 Å². The minimum Gasteiger partial charge on any atom is -0.468 e. The zero-order valence-electron chi connectivity index (χ0n) is 10.2. The van der Waals surface area contributed by atoms with Crippen LogP contribution in [0, 0.1) is 0 Å². The van der Waals surface area contributed by atoms with Crippen molar-refractivity contribution in [3.05, 3.63) is 24.2 Å². The molecule has 4 heteroatoms. The van der Waals surface area contributed by atoms with Crippen molar-refractivity contribution < 1.29 is 9.21 Å². The van der Waals surface area contributed by atoms with Crippen molar-refractivity contribution >= 4 is 5.91 Å². The zero-order chi connectivity index (χ0) is 12.0. The summed E-state index contributed by atoms with van der Waals surface area (Å²) in [5.74, 6) is 0.982. The van der Waals surface area contributed by atoms with E-state index in [9.17, 15) is 4.79 Å². The van der Waals surface area contributed by atoms with Crippen LogP contribution >= 0.6 is 0 Å². The third kappa shape index (κ3) is 3.38. The molecule has 0 aliphatic carbocycles. The van der Waals surface area contributed by atoms with E-state index in [0.717, 1.165) is 18.8 Å². The van der Waals surface area contributed by atoms with Crippen LogP contribution in [-0.2, 0) is 4.79 Å². The Hall–Kier alpha value is -1.29. The fourth-order valence-electron chi connectivity index (χ4n) is 1.57. The largest absolute Gasteiger partial charge is 0.468 e. The molecular weight excluding hydrogens is 204 g/mol. The van der Waals surface area contributed by atoms with Gasteiger partial charge in [0.05, 0.1) is 18.8 Å². The van der Waals surface area contributed by atoms with Crippen LogP contribution in [0.15, 0.2) is 22.8 Å². The molecule has 16 heavy (non-hydrogen) atoms. The molecule has 0 radical (unpaired) electrons. The van der Waals surface area contributed by atoms with Gasteiger partial charge >= 0.3 is 0 Å². The molecule has 1 rings (SSSR count). The lowest BCUT2D eigenvalue weighted by Gasteiger charge is -2.20. The highest BCUT2D eigenvalue weighted by Crippen LogP contribution is 2.11. The van der Waals surface area contributed by atoms with E-state index >= 15 is 0 Å². The van der Waals surface area contributed by atoms with Crippen molar-refractivity contribution in [2.45, 2.75) is 26.8 Å². The van der Waals surface area contributed by atoms with Crippen molar-refractivity contribution in [2.75, 3.05) is 19.6 Å². The first kappa shape index (κ1) is 12.8. The third-order valence-electron chi connectivity index (χ3n) is 2.65. The van der Waals surface area contributed by atoms with Crippen LogP contribution in [0.4, 0.5) is 0 Å². The predicted molar refractivity (Wildman–Crippen MR) is 63.1 cm³/mol. The summed E-state index contributed by atoms with van der Waals surface area (Å²) in [4.78, 5) is 13.5. The highest BCUT2D eigenvalue weighted by molar-refractivity contribution is 5.78. The second-order valence-corrected chi connectivity index (χ2v) is 3.68. The van der Waals surface area contributed by atoms with Crippen molar-refractivity contribution in [3.8, 4) is 0 Å². The Kier molecular flexibility index (Phi) is 5.05. The molecule has 0 spiro atoms. The highest BCUT2D eigenvalue weighted by atomic mass is 16.3. The SMILES string of the molecule is CCN(CC)C(=O)CN[C@H](C)c1ccco1. The van der Waals surface area contributed by atoms with Crippen LogP contribution in [-0.4, -0.2) is 30.4 Å². The van der Waals surface area contributed by atoms with Crippen molar-refractivity contribution in [1.82, 2.24) is 10.2 Å². The van der Waals surface area contributed by atoms with E-state index in [1.807, 2.05) is 37.8 Å². The second kappa shape index (κ2) is 6.33. The van der Waals surface area contributed by atoms with Gasteiger partial charge in [0.25, 0.3) is 0 Å². The van der Waals surface area contributed by atoms with E-state index in [2.05, 4.69) is 5.32 Å². The monoisotopic (exact) mass is 224 g/mol. The fraction of sp³-hybridized carbons (Fsp3) is 0.583. The number of nitrogens with one attached hydrogen (secondary N) is 1. The number of hydrogen-bond donors (Lipinski definition) is 1. The van der Waals surface area contributed by atoms with Crippen molar-refractivity contribution in [2.24, 2.45) is 0 Å². The summed E-state index contributed by atoms with van der Waals surface area (Å²) in [6, 6.07) is 3.81. The first-order valence-electron chi connectivity index (χ1n) is 5.73. The Morgan fingerprint density at radius 1 is 1.50 bits per heavy atom. The van der Waals surface area contributed by atoms with E-state index in [-0.39, 0.29) is 11.9 Å². The van der Waals surface area contributed by atoms with Gasteiger partial charge in [0.15, 0.2) is 0 Å². The standard InChI is InChI=1S/C12H20N2O2/c1-4-14(5-2)12(15)9-13-10(3)11-7-6-8-16-11/h6-8,10,13H,4-5,9H2,1-3H3/t10-/m1/s1. The summed E-state index contributed by atoms with van der Waals surface area (Å²) in [5.41, 5.74) is 0. The van der Waals surface area contributed by atoms with Gasteiger partial charge in [0.1, 0.15) is 5.76 Å². The molecule has 1 atom stereocenters. The number of carbonyl (C=O) groups excluding carboxylic acids is 1. The third-order valence-corrected chi connectivity index (χ3v) is 2.65. The summed E-state index contributed by atoms with van der Waals surface area (Å²) >= 11 is 0. The fourth-order valence-corrected chi connectivity index (χ4v) is 1.57. The second-order valence-electron chi connectivity index (χ2n) is 3.68. The lowest BCUT2D eigenvalue weighted by Crippen LogP contribution is -2.38. The maximum atomic E-state index is 11.7. The Labute approximate surface area is 96.6 Å². The molecule has 4 nitrogen and oxygen atoms in total. The molecule has 0 fully saturated rings. The number of likely N-dealkylation sites (N-methyl/N-ethyl adjacent to an activating group) is 1. The number of amides is 1. The minimum absolute atomic E-state index is 0.0644. The summed E-state index contributed by atoms with van der Waals surface area (Å²) in [6.45, 7) is 7.81. The van der Waals surface area contributed by atoms with Gasteiger partial charge in [0.2, 0.25) is 5.91 Å². The van der Waals surface area contributed by atoms with Gasteiger partial charge in [-0.15, -0.1) is 0 Å². The van der Waals surface area contributed by atoms with E-state index in [4.69, 9.17) is 4.42 Å². The molecule has 1 N–H and O–H groups in total. The topological polar surface area (TPSA) is 45.5 Å². The quantitative estimate of drug-likeness (QED) is 0.801. The molecule has 1 aromatic rings. The normalized spacial score (nSPS) is 12.4. The Bertz CT molecular complexity index is 305. The molecule has 0 aromatic carbocycles. The zero-order valence-corrected chi connectivity index (χ0v) is 10.2. The van der Waals surface area contributed by atoms with Crippen molar-refractivity contribution in [3.63, 3.8) is 0 Å². The van der Waals surface area contributed by atoms with Crippen molar-refractivity contribution in [1.29, 1.82) is 0 Å². The molecule has 0 aliphatic rings. The van der Waals surface area contributed by atoms with Crippen LogP contribution in [0.5, 0.6) is 0 Å². The lowest BCUT2D eigenvalue weighted by molar-refractivity contribution is -0.130.